The highest BCUT2D eigenvalue weighted by molar-refractivity contribution is 9.10. The minimum atomic E-state index is -0.256. The molecule has 0 saturated carbocycles. The molecule has 0 amide bonds. The molecule has 3 aromatic carbocycles. The normalized spacial score (nSPS) is 11.8. The summed E-state index contributed by atoms with van der Waals surface area (Å²) < 4.78 is 10.6. The van der Waals surface area contributed by atoms with Crippen molar-refractivity contribution < 1.29 is 4.42 Å². The zero-order valence-electron chi connectivity index (χ0n) is 21.3. The third kappa shape index (κ3) is 4.09. The second-order valence-electron chi connectivity index (χ2n) is 9.25. The summed E-state index contributed by atoms with van der Waals surface area (Å²) in [5.41, 5.74) is 6.53. The van der Waals surface area contributed by atoms with Crippen LogP contribution in [0.2, 0.25) is 0 Å². The van der Waals surface area contributed by atoms with Gasteiger partial charge in [-0.15, -0.1) is 0 Å². The number of rotatable bonds is 5. The van der Waals surface area contributed by atoms with Crippen LogP contribution in [0.3, 0.4) is 0 Å². The first-order valence-electron chi connectivity index (χ1n) is 12.5. The van der Waals surface area contributed by atoms with E-state index >= 15 is 0 Å². The first-order valence-corrected chi connectivity index (χ1v) is 13.3. The predicted octanol–water partition coefficient (Wildman–Crippen LogP) is 7.42. The SMILES string of the molecule is CCc1ccccc1-n1c(C)cc(C=Nn2c(-c3cc4cc(Br)ccc4o3)nc3ccccc3c2=O)c1C. The van der Waals surface area contributed by atoms with E-state index in [0.29, 0.717) is 28.1 Å². The Kier molecular flexibility index (Phi) is 6.08. The van der Waals surface area contributed by atoms with Gasteiger partial charge in [-0.05, 0) is 74.4 Å². The molecule has 6 rings (SSSR count). The Morgan fingerprint density at radius 2 is 1.79 bits per heavy atom. The molecular weight excluding hydrogens is 540 g/mol. The quantitative estimate of drug-likeness (QED) is 0.204. The van der Waals surface area contributed by atoms with Gasteiger partial charge in [0.15, 0.2) is 5.76 Å². The molecule has 7 heteroatoms. The van der Waals surface area contributed by atoms with Crippen molar-refractivity contribution in [3.8, 4) is 17.3 Å². The monoisotopic (exact) mass is 564 g/mol. The second-order valence-corrected chi connectivity index (χ2v) is 10.2. The maximum absolute atomic E-state index is 13.6. The van der Waals surface area contributed by atoms with Crippen LogP contribution in [0.1, 0.15) is 29.4 Å². The van der Waals surface area contributed by atoms with Crippen molar-refractivity contribution in [2.45, 2.75) is 27.2 Å². The Bertz CT molecular complexity index is 1930. The summed E-state index contributed by atoms with van der Waals surface area (Å²) in [4.78, 5) is 18.4. The lowest BCUT2D eigenvalue weighted by molar-refractivity contribution is 0.616. The number of nitrogens with zero attached hydrogens (tertiary/aromatic N) is 4. The molecule has 0 aliphatic carbocycles. The Hall–Kier alpha value is -4.23. The van der Waals surface area contributed by atoms with Crippen LogP contribution in [0.15, 0.2) is 97.6 Å². The van der Waals surface area contributed by atoms with E-state index in [-0.39, 0.29) is 5.56 Å². The molecule has 0 radical (unpaired) electrons. The van der Waals surface area contributed by atoms with Gasteiger partial charge in [-0.3, -0.25) is 4.79 Å². The molecule has 3 aromatic heterocycles. The lowest BCUT2D eigenvalue weighted by Gasteiger charge is -2.13. The molecular formula is C31H25BrN4O2. The summed E-state index contributed by atoms with van der Waals surface area (Å²) in [7, 11) is 0. The lowest BCUT2D eigenvalue weighted by atomic mass is 10.1. The molecule has 38 heavy (non-hydrogen) atoms. The highest BCUT2D eigenvalue weighted by Gasteiger charge is 2.17. The Morgan fingerprint density at radius 1 is 1.00 bits per heavy atom. The van der Waals surface area contributed by atoms with E-state index in [9.17, 15) is 4.79 Å². The van der Waals surface area contributed by atoms with Gasteiger partial charge in [0.1, 0.15) is 5.58 Å². The van der Waals surface area contributed by atoms with Crippen LogP contribution in [-0.4, -0.2) is 20.4 Å². The minimum absolute atomic E-state index is 0.256. The Morgan fingerprint density at radius 3 is 2.63 bits per heavy atom. The van der Waals surface area contributed by atoms with Crippen LogP contribution < -0.4 is 5.56 Å². The van der Waals surface area contributed by atoms with Crippen molar-refractivity contribution in [2.75, 3.05) is 0 Å². The van der Waals surface area contributed by atoms with E-state index in [1.54, 1.807) is 12.3 Å². The summed E-state index contributed by atoms with van der Waals surface area (Å²) in [6.07, 6.45) is 2.67. The predicted molar refractivity (Wildman–Crippen MR) is 157 cm³/mol. The third-order valence-electron chi connectivity index (χ3n) is 6.85. The van der Waals surface area contributed by atoms with Crippen LogP contribution in [0.4, 0.5) is 0 Å². The summed E-state index contributed by atoms with van der Waals surface area (Å²) in [6.45, 7) is 6.31. The molecule has 0 aliphatic heterocycles. The molecule has 0 N–H and O–H groups in total. The Balaban J connectivity index is 1.52. The van der Waals surface area contributed by atoms with Crippen molar-refractivity contribution in [3.63, 3.8) is 0 Å². The van der Waals surface area contributed by atoms with E-state index in [0.717, 1.165) is 38.9 Å². The van der Waals surface area contributed by atoms with Gasteiger partial charge in [-0.25, -0.2) is 4.98 Å². The zero-order valence-corrected chi connectivity index (χ0v) is 22.9. The summed E-state index contributed by atoms with van der Waals surface area (Å²) in [5.74, 6) is 0.822. The number of benzene rings is 3. The van der Waals surface area contributed by atoms with Gasteiger partial charge in [-0.1, -0.05) is 53.2 Å². The van der Waals surface area contributed by atoms with Gasteiger partial charge in [-0.2, -0.15) is 9.78 Å². The van der Waals surface area contributed by atoms with Gasteiger partial charge in [0, 0.05) is 32.5 Å². The molecule has 0 unspecified atom stereocenters. The summed E-state index contributed by atoms with van der Waals surface area (Å²) in [5, 5.41) is 6.08. The van der Waals surface area contributed by atoms with E-state index in [4.69, 9.17) is 9.40 Å². The van der Waals surface area contributed by atoms with Crippen molar-refractivity contribution in [1.29, 1.82) is 0 Å². The fourth-order valence-corrected chi connectivity index (χ4v) is 5.33. The number of hydrogen-bond acceptors (Lipinski definition) is 4. The van der Waals surface area contributed by atoms with Gasteiger partial charge < -0.3 is 8.98 Å². The van der Waals surface area contributed by atoms with E-state index < -0.39 is 0 Å². The zero-order chi connectivity index (χ0) is 26.4. The number of halogens is 1. The van der Waals surface area contributed by atoms with E-state index in [1.165, 1.54) is 10.2 Å². The minimum Gasteiger partial charge on any atom is -0.453 e. The van der Waals surface area contributed by atoms with Crippen LogP contribution in [0, 0.1) is 13.8 Å². The van der Waals surface area contributed by atoms with Crippen LogP contribution >= 0.6 is 15.9 Å². The fraction of sp³-hybridized carbons (Fsp3) is 0.129. The number of aryl methyl sites for hydroxylation is 2. The number of para-hydroxylation sites is 2. The second kappa shape index (κ2) is 9.58. The van der Waals surface area contributed by atoms with Crippen molar-refractivity contribution in [1.82, 2.24) is 14.2 Å². The average Bonchev–Trinajstić information content (AvgIpc) is 3.47. The maximum Gasteiger partial charge on any atom is 0.282 e. The smallest absolute Gasteiger partial charge is 0.282 e. The first kappa shape index (κ1) is 24.1. The summed E-state index contributed by atoms with van der Waals surface area (Å²) in [6, 6.07) is 25.4. The largest absolute Gasteiger partial charge is 0.453 e. The highest BCUT2D eigenvalue weighted by Crippen LogP contribution is 2.29. The molecule has 3 heterocycles. The molecule has 0 bridgehead atoms. The van der Waals surface area contributed by atoms with Crippen LogP contribution in [0.25, 0.3) is 39.1 Å². The lowest BCUT2D eigenvalue weighted by Crippen LogP contribution is -2.20. The summed E-state index contributed by atoms with van der Waals surface area (Å²) >= 11 is 3.51. The standard InChI is InChI=1S/C31H25BrN4O2/c1-4-21-9-5-8-12-27(21)35-19(2)15-23(20(35)3)18-33-36-30(34-26-11-7-6-10-25(26)31(36)37)29-17-22-16-24(32)13-14-28(22)38-29/h5-18H,4H2,1-3H3. The fourth-order valence-electron chi connectivity index (χ4n) is 4.95. The van der Waals surface area contributed by atoms with Gasteiger partial charge >= 0.3 is 0 Å². The van der Waals surface area contributed by atoms with E-state index in [2.05, 4.69) is 76.7 Å². The molecule has 6 nitrogen and oxygen atoms in total. The number of fused-ring (bicyclic) bond motifs is 2. The van der Waals surface area contributed by atoms with Gasteiger partial charge in [0.25, 0.3) is 5.56 Å². The average molecular weight is 565 g/mol. The molecule has 0 spiro atoms. The molecule has 0 saturated heterocycles. The van der Waals surface area contributed by atoms with Crippen molar-refractivity contribution >= 4 is 44.0 Å². The first-order chi connectivity index (χ1) is 18.4. The van der Waals surface area contributed by atoms with E-state index in [1.807, 2.05) is 42.5 Å². The number of furan rings is 1. The topological polar surface area (TPSA) is 65.3 Å². The Labute approximate surface area is 228 Å². The van der Waals surface area contributed by atoms with Crippen LogP contribution in [0.5, 0.6) is 0 Å². The van der Waals surface area contributed by atoms with Gasteiger partial charge in [0.2, 0.25) is 5.82 Å². The molecule has 0 aliphatic rings. The molecule has 188 valence electrons. The molecule has 6 aromatic rings. The highest BCUT2D eigenvalue weighted by atomic mass is 79.9. The molecule has 0 fully saturated rings. The maximum atomic E-state index is 13.6. The number of hydrogen-bond donors (Lipinski definition) is 0. The third-order valence-corrected chi connectivity index (χ3v) is 7.34. The van der Waals surface area contributed by atoms with Crippen molar-refractivity contribution in [3.05, 3.63) is 116 Å². The van der Waals surface area contributed by atoms with Crippen LogP contribution in [-0.2, 0) is 6.42 Å². The van der Waals surface area contributed by atoms with Crippen molar-refractivity contribution in [2.24, 2.45) is 5.10 Å². The van der Waals surface area contributed by atoms with Gasteiger partial charge in [0.05, 0.1) is 17.1 Å². The molecule has 0 atom stereocenters. The number of aromatic nitrogens is 3.